The van der Waals surface area contributed by atoms with E-state index in [1.807, 2.05) is 4.90 Å². The van der Waals surface area contributed by atoms with E-state index < -0.39 is 0 Å². The van der Waals surface area contributed by atoms with E-state index in [9.17, 15) is 4.79 Å². The molecule has 5 heteroatoms. The molecule has 1 aromatic carbocycles. The van der Waals surface area contributed by atoms with Crippen molar-refractivity contribution in [3.05, 3.63) is 28.8 Å². The summed E-state index contributed by atoms with van der Waals surface area (Å²) in [5, 5.41) is 0.550. The molecule has 0 aromatic heterocycles. The largest absolute Gasteiger partial charge is 0.398 e. The molecule has 2 aliphatic rings. The summed E-state index contributed by atoms with van der Waals surface area (Å²) in [7, 11) is 0. The third kappa shape index (κ3) is 2.69. The summed E-state index contributed by atoms with van der Waals surface area (Å²) < 4.78 is 0. The van der Waals surface area contributed by atoms with Crippen LogP contribution in [0.5, 0.6) is 0 Å². The maximum absolute atomic E-state index is 12.4. The lowest BCUT2D eigenvalue weighted by molar-refractivity contribution is 0.0628. The molecular formula is C14H18ClN3O. The van der Waals surface area contributed by atoms with Crippen molar-refractivity contribution in [3.8, 4) is 0 Å². The Kier molecular flexibility index (Phi) is 3.37. The number of piperazine rings is 1. The Balaban J connectivity index is 1.68. The second-order valence-electron chi connectivity index (χ2n) is 5.29. The summed E-state index contributed by atoms with van der Waals surface area (Å²) in [5.41, 5.74) is 6.89. The van der Waals surface area contributed by atoms with Gasteiger partial charge >= 0.3 is 0 Å². The van der Waals surface area contributed by atoms with Crippen molar-refractivity contribution in [1.82, 2.24) is 9.80 Å². The van der Waals surface area contributed by atoms with Gasteiger partial charge in [-0.1, -0.05) is 11.6 Å². The van der Waals surface area contributed by atoms with E-state index in [-0.39, 0.29) is 5.91 Å². The number of benzene rings is 1. The van der Waals surface area contributed by atoms with Gasteiger partial charge in [0.25, 0.3) is 5.91 Å². The van der Waals surface area contributed by atoms with E-state index >= 15 is 0 Å². The fourth-order valence-electron chi connectivity index (χ4n) is 2.61. The summed E-state index contributed by atoms with van der Waals surface area (Å²) in [6, 6.07) is 5.83. The Bertz CT molecular complexity index is 493. The van der Waals surface area contributed by atoms with Crippen LogP contribution < -0.4 is 5.73 Å². The van der Waals surface area contributed by atoms with E-state index in [1.54, 1.807) is 18.2 Å². The first kappa shape index (κ1) is 12.8. The minimum absolute atomic E-state index is 0.00422. The molecule has 0 radical (unpaired) electrons. The van der Waals surface area contributed by atoms with E-state index in [2.05, 4.69) is 4.90 Å². The van der Waals surface area contributed by atoms with Crippen molar-refractivity contribution in [3.63, 3.8) is 0 Å². The number of hydrogen-bond donors (Lipinski definition) is 1. The molecule has 1 saturated heterocycles. The Labute approximate surface area is 118 Å². The monoisotopic (exact) mass is 279 g/mol. The van der Waals surface area contributed by atoms with E-state index in [0.717, 1.165) is 32.2 Å². The van der Waals surface area contributed by atoms with Crippen molar-refractivity contribution in [2.75, 3.05) is 31.9 Å². The minimum Gasteiger partial charge on any atom is -0.398 e. The number of halogens is 1. The molecule has 4 nitrogen and oxygen atoms in total. The van der Waals surface area contributed by atoms with Gasteiger partial charge in [-0.3, -0.25) is 9.69 Å². The van der Waals surface area contributed by atoms with Gasteiger partial charge in [-0.05, 0) is 31.0 Å². The third-order valence-electron chi connectivity index (χ3n) is 3.91. The number of hydrogen-bond acceptors (Lipinski definition) is 3. The van der Waals surface area contributed by atoms with Crippen molar-refractivity contribution in [1.29, 1.82) is 0 Å². The van der Waals surface area contributed by atoms with Gasteiger partial charge in [0, 0.05) is 42.9 Å². The smallest absolute Gasteiger partial charge is 0.256 e. The van der Waals surface area contributed by atoms with E-state index in [1.165, 1.54) is 12.8 Å². The zero-order valence-electron chi connectivity index (χ0n) is 10.8. The molecule has 1 aliphatic carbocycles. The van der Waals surface area contributed by atoms with Crippen LogP contribution in [0.4, 0.5) is 5.69 Å². The van der Waals surface area contributed by atoms with Crippen LogP contribution in [-0.2, 0) is 0 Å². The van der Waals surface area contributed by atoms with E-state index in [4.69, 9.17) is 17.3 Å². The molecule has 1 heterocycles. The molecule has 0 bridgehead atoms. The average molecular weight is 280 g/mol. The van der Waals surface area contributed by atoms with Gasteiger partial charge in [-0.15, -0.1) is 0 Å². The number of nitrogen functional groups attached to an aromatic ring is 1. The Hall–Kier alpha value is -1.26. The predicted octanol–water partition coefficient (Wildman–Crippen LogP) is 1.84. The highest BCUT2D eigenvalue weighted by Gasteiger charge is 2.32. The number of rotatable bonds is 2. The van der Waals surface area contributed by atoms with Crippen LogP contribution in [0.25, 0.3) is 0 Å². The summed E-state index contributed by atoms with van der Waals surface area (Å²) in [6.07, 6.45) is 2.63. The summed E-state index contributed by atoms with van der Waals surface area (Å²) >= 11 is 5.94. The molecule has 0 atom stereocenters. The number of carbonyl (C=O) groups is 1. The Morgan fingerprint density at radius 3 is 2.53 bits per heavy atom. The fraction of sp³-hybridized carbons (Fsp3) is 0.500. The topological polar surface area (TPSA) is 49.6 Å². The van der Waals surface area contributed by atoms with Gasteiger partial charge in [0.15, 0.2) is 0 Å². The average Bonchev–Trinajstić information content (AvgIpc) is 3.25. The summed E-state index contributed by atoms with van der Waals surface area (Å²) in [6.45, 7) is 3.50. The molecule has 3 rings (SSSR count). The molecular weight excluding hydrogens is 262 g/mol. The van der Waals surface area contributed by atoms with Crippen LogP contribution in [0, 0.1) is 0 Å². The maximum Gasteiger partial charge on any atom is 0.256 e. The van der Waals surface area contributed by atoms with Gasteiger partial charge in [0.1, 0.15) is 0 Å². The van der Waals surface area contributed by atoms with Crippen molar-refractivity contribution >= 4 is 23.2 Å². The minimum atomic E-state index is -0.00422. The number of amides is 1. The molecule has 1 saturated carbocycles. The Morgan fingerprint density at radius 1 is 1.21 bits per heavy atom. The first-order valence-corrected chi connectivity index (χ1v) is 7.11. The van der Waals surface area contributed by atoms with E-state index in [0.29, 0.717) is 16.3 Å². The second kappa shape index (κ2) is 5.02. The van der Waals surface area contributed by atoms with Gasteiger partial charge in [0.2, 0.25) is 0 Å². The predicted molar refractivity (Wildman–Crippen MR) is 76.4 cm³/mol. The SMILES string of the molecule is Nc1ccc(Cl)cc1C(=O)N1CCN(C2CC2)CC1. The highest BCUT2D eigenvalue weighted by molar-refractivity contribution is 6.31. The molecule has 0 unspecified atom stereocenters. The number of nitrogens with two attached hydrogens (primary N) is 1. The molecule has 102 valence electrons. The number of anilines is 1. The van der Waals surface area contributed by atoms with Crippen LogP contribution in [0.15, 0.2) is 18.2 Å². The van der Waals surface area contributed by atoms with Crippen LogP contribution >= 0.6 is 11.6 Å². The molecule has 2 N–H and O–H groups in total. The lowest BCUT2D eigenvalue weighted by Crippen LogP contribution is -2.49. The summed E-state index contributed by atoms with van der Waals surface area (Å²) in [5.74, 6) is -0.00422. The maximum atomic E-state index is 12.4. The highest BCUT2D eigenvalue weighted by atomic mass is 35.5. The lowest BCUT2D eigenvalue weighted by Gasteiger charge is -2.35. The van der Waals surface area contributed by atoms with Gasteiger partial charge in [-0.25, -0.2) is 0 Å². The number of carbonyl (C=O) groups excluding carboxylic acids is 1. The molecule has 1 aromatic rings. The zero-order valence-corrected chi connectivity index (χ0v) is 11.6. The van der Waals surface area contributed by atoms with Gasteiger partial charge in [0.05, 0.1) is 5.56 Å². The van der Waals surface area contributed by atoms with Gasteiger partial charge in [-0.2, -0.15) is 0 Å². The quantitative estimate of drug-likeness (QED) is 0.841. The second-order valence-corrected chi connectivity index (χ2v) is 5.73. The molecule has 2 fully saturated rings. The highest BCUT2D eigenvalue weighted by Crippen LogP contribution is 2.28. The van der Waals surface area contributed by atoms with Crippen molar-refractivity contribution < 1.29 is 4.79 Å². The number of nitrogens with zero attached hydrogens (tertiary/aromatic N) is 2. The van der Waals surface area contributed by atoms with Crippen molar-refractivity contribution in [2.45, 2.75) is 18.9 Å². The first-order chi connectivity index (χ1) is 9.15. The molecule has 0 spiro atoms. The first-order valence-electron chi connectivity index (χ1n) is 6.73. The normalized spacial score (nSPS) is 20.6. The Morgan fingerprint density at radius 2 is 1.89 bits per heavy atom. The summed E-state index contributed by atoms with van der Waals surface area (Å²) in [4.78, 5) is 16.8. The standard InChI is InChI=1S/C14H18ClN3O/c15-10-1-4-13(16)12(9-10)14(19)18-7-5-17(6-8-18)11-2-3-11/h1,4,9,11H,2-3,5-8,16H2. The molecule has 19 heavy (non-hydrogen) atoms. The molecule has 1 amide bonds. The third-order valence-corrected chi connectivity index (χ3v) is 4.15. The van der Waals surface area contributed by atoms with Crippen LogP contribution in [-0.4, -0.2) is 47.9 Å². The van der Waals surface area contributed by atoms with Crippen LogP contribution in [0.1, 0.15) is 23.2 Å². The fourth-order valence-corrected chi connectivity index (χ4v) is 2.79. The van der Waals surface area contributed by atoms with Crippen LogP contribution in [0.3, 0.4) is 0 Å². The lowest BCUT2D eigenvalue weighted by atomic mass is 10.1. The zero-order chi connectivity index (χ0) is 13.4. The van der Waals surface area contributed by atoms with Crippen LogP contribution in [0.2, 0.25) is 5.02 Å². The van der Waals surface area contributed by atoms with Crippen molar-refractivity contribution in [2.24, 2.45) is 0 Å². The van der Waals surface area contributed by atoms with Gasteiger partial charge < -0.3 is 10.6 Å². The molecule has 1 aliphatic heterocycles.